The van der Waals surface area contributed by atoms with Gasteiger partial charge in [0.05, 0.1) is 11.0 Å². The largest absolute Gasteiger partial charge is 0.369 e. The summed E-state index contributed by atoms with van der Waals surface area (Å²) in [6.07, 6.45) is 1.99. The van der Waals surface area contributed by atoms with Crippen molar-refractivity contribution in [1.29, 1.82) is 0 Å². The van der Waals surface area contributed by atoms with Crippen LogP contribution in [0.15, 0.2) is 12.3 Å². The lowest BCUT2D eigenvalue weighted by molar-refractivity contribution is 0.0140. The van der Waals surface area contributed by atoms with Gasteiger partial charge in [-0.15, -0.1) is 0 Å². The number of hydrogen-bond donors (Lipinski definition) is 1. The summed E-state index contributed by atoms with van der Waals surface area (Å²) in [6.45, 7) is 4.52. The lowest BCUT2D eigenvalue weighted by Crippen LogP contribution is -2.18. The average molecular weight is 186 g/mol. The minimum absolute atomic E-state index is 0.0116. The van der Waals surface area contributed by atoms with Crippen molar-refractivity contribution in [2.75, 3.05) is 6.54 Å². The first-order valence-corrected chi connectivity index (χ1v) is 4.77. The lowest BCUT2D eigenvalue weighted by atomic mass is 10.3. The standard InChI is InChI=1S/C8H14N2OS/c1-6(2)11-7(5-9)8-3-4-10-12-8/h3-4,6-7H,5,9H2,1-2H3. The first kappa shape index (κ1) is 9.64. The Morgan fingerprint density at radius 1 is 1.67 bits per heavy atom. The van der Waals surface area contributed by atoms with Gasteiger partial charge >= 0.3 is 0 Å². The smallest absolute Gasteiger partial charge is 0.106 e. The molecule has 0 bridgehead atoms. The monoisotopic (exact) mass is 186 g/mol. The Hall–Kier alpha value is -0.450. The van der Waals surface area contributed by atoms with Gasteiger partial charge < -0.3 is 10.5 Å². The van der Waals surface area contributed by atoms with Crippen LogP contribution in [0.1, 0.15) is 24.8 Å². The molecule has 0 spiro atoms. The van der Waals surface area contributed by atoms with Crippen LogP contribution in [0.3, 0.4) is 0 Å². The average Bonchev–Trinajstić information content (AvgIpc) is 2.51. The molecule has 1 aromatic rings. The molecule has 4 heteroatoms. The van der Waals surface area contributed by atoms with E-state index < -0.39 is 0 Å². The van der Waals surface area contributed by atoms with Crippen LogP contribution >= 0.6 is 11.5 Å². The van der Waals surface area contributed by atoms with Crippen molar-refractivity contribution in [3.8, 4) is 0 Å². The van der Waals surface area contributed by atoms with Crippen LogP contribution in [-0.2, 0) is 4.74 Å². The molecular weight excluding hydrogens is 172 g/mol. The maximum absolute atomic E-state index is 5.59. The highest BCUT2D eigenvalue weighted by Gasteiger charge is 2.12. The predicted molar refractivity (Wildman–Crippen MR) is 50.1 cm³/mol. The summed E-state index contributed by atoms with van der Waals surface area (Å²) in [5.41, 5.74) is 5.57. The number of rotatable bonds is 4. The predicted octanol–water partition coefficient (Wildman–Crippen LogP) is 1.57. The molecule has 1 heterocycles. The van der Waals surface area contributed by atoms with Gasteiger partial charge in [0, 0.05) is 12.7 Å². The van der Waals surface area contributed by atoms with E-state index in [4.69, 9.17) is 10.5 Å². The molecule has 12 heavy (non-hydrogen) atoms. The summed E-state index contributed by atoms with van der Waals surface area (Å²) in [4.78, 5) is 1.10. The summed E-state index contributed by atoms with van der Waals surface area (Å²) in [5, 5.41) is 0. The van der Waals surface area contributed by atoms with E-state index in [9.17, 15) is 0 Å². The molecule has 1 aromatic heterocycles. The Labute approximate surface area is 76.7 Å². The van der Waals surface area contributed by atoms with Gasteiger partial charge in [0.25, 0.3) is 0 Å². The molecule has 0 fully saturated rings. The van der Waals surface area contributed by atoms with E-state index in [0.717, 1.165) is 4.88 Å². The van der Waals surface area contributed by atoms with Crippen molar-refractivity contribution in [2.24, 2.45) is 5.73 Å². The second-order valence-corrected chi connectivity index (χ2v) is 3.69. The zero-order chi connectivity index (χ0) is 8.97. The highest BCUT2D eigenvalue weighted by Crippen LogP contribution is 2.20. The van der Waals surface area contributed by atoms with Crippen LogP contribution in [0.25, 0.3) is 0 Å². The third-order valence-electron chi connectivity index (χ3n) is 1.43. The molecule has 3 nitrogen and oxygen atoms in total. The van der Waals surface area contributed by atoms with Gasteiger partial charge in [-0.3, -0.25) is 0 Å². The normalized spacial score (nSPS) is 13.7. The van der Waals surface area contributed by atoms with Crippen LogP contribution in [0.4, 0.5) is 0 Å². The van der Waals surface area contributed by atoms with E-state index in [-0.39, 0.29) is 12.2 Å². The maximum Gasteiger partial charge on any atom is 0.106 e. The number of hydrogen-bond acceptors (Lipinski definition) is 4. The number of nitrogens with zero attached hydrogens (tertiary/aromatic N) is 1. The number of ether oxygens (including phenoxy) is 1. The SMILES string of the molecule is CC(C)OC(CN)c1ccns1. The molecule has 68 valence electrons. The molecule has 2 N–H and O–H groups in total. The van der Waals surface area contributed by atoms with Gasteiger partial charge in [0.1, 0.15) is 6.10 Å². The fourth-order valence-corrected chi connectivity index (χ4v) is 1.59. The second kappa shape index (κ2) is 4.54. The Balaban J connectivity index is 2.57. The topological polar surface area (TPSA) is 48.1 Å². The van der Waals surface area contributed by atoms with E-state index in [0.29, 0.717) is 6.54 Å². The van der Waals surface area contributed by atoms with Gasteiger partial charge in [-0.2, -0.15) is 0 Å². The van der Waals surface area contributed by atoms with Crippen LogP contribution < -0.4 is 5.73 Å². The van der Waals surface area contributed by atoms with E-state index in [1.807, 2.05) is 19.9 Å². The van der Waals surface area contributed by atoms with Crippen molar-refractivity contribution in [1.82, 2.24) is 4.37 Å². The third-order valence-corrected chi connectivity index (χ3v) is 2.26. The number of nitrogens with two attached hydrogens (primary N) is 1. The minimum atomic E-state index is 0.0116. The summed E-state index contributed by atoms with van der Waals surface area (Å²) in [5.74, 6) is 0. The molecule has 0 amide bonds. The highest BCUT2D eigenvalue weighted by molar-refractivity contribution is 7.05. The minimum Gasteiger partial charge on any atom is -0.369 e. The molecular formula is C8H14N2OS. The molecule has 1 unspecified atom stereocenters. The van der Waals surface area contributed by atoms with E-state index >= 15 is 0 Å². The summed E-state index contributed by atoms with van der Waals surface area (Å²) in [6, 6.07) is 1.95. The van der Waals surface area contributed by atoms with Gasteiger partial charge in [-0.25, -0.2) is 4.37 Å². The molecule has 0 aliphatic rings. The fraction of sp³-hybridized carbons (Fsp3) is 0.625. The molecule has 0 saturated carbocycles. The fourth-order valence-electron chi connectivity index (χ4n) is 0.959. The second-order valence-electron chi connectivity index (χ2n) is 2.82. The van der Waals surface area contributed by atoms with Gasteiger partial charge in [-0.1, -0.05) is 0 Å². The van der Waals surface area contributed by atoms with Crippen molar-refractivity contribution in [3.05, 3.63) is 17.1 Å². The van der Waals surface area contributed by atoms with Gasteiger partial charge in [-0.05, 0) is 31.4 Å². The molecule has 1 rings (SSSR count). The van der Waals surface area contributed by atoms with E-state index in [2.05, 4.69) is 4.37 Å². The van der Waals surface area contributed by atoms with Crippen LogP contribution in [0, 0.1) is 0 Å². The third kappa shape index (κ3) is 2.55. The molecule has 0 radical (unpaired) electrons. The van der Waals surface area contributed by atoms with Gasteiger partial charge in [0.15, 0.2) is 0 Å². The summed E-state index contributed by atoms with van der Waals surface area (Å²) in [7, 11) is 0. The molecule has 0 aliphatic carbocycles. The molecule has 0 aromatic carbocycles. The van der Waals surface area contributed by atoms with Crippen LogP contribution in [0.2, 0.25) is 0 Å². The molecule has 0 saturated heterocycles. The van der Waals surface area contributed by atoms with Crippen molar-refractivity contribution in [2.45, 2.75) is 26.1 Å². The molecule has 0 aliphatic heterocycles. The maximum atomic E-state index is 5.59. The quantitative estimate of drug-likeness (QED) is 0.776. The van der Waals surface area contributed by atoms with Crippen molar-refractivity contribution >= 4 is 11.5 Å². The zero-order valence-electron chi connectivity index (χ0n) is 7.36. The Kier molecular flexibility index (Phi) is 3.65. The number of aromatic nitrogens is 1. The summed E-state index contributed by atoms with van der Waals surface area (Å²) >= 11 is 1.44. The van der Waals surface area contributed by atoms with Crippen LogP contribution in [0.5, 0.6) is 0 Å². The molecule has 1 atom stereocenters. The zero-order valence-corrected chi connectivity index (χ0v) is 8.17. The summed E-state index contributed by atoms with van der Waals surface area (Å²) < 4.78 is 9.59. The van der Waals surface area contributed by atoms with Gasteiger partial charge in [0.2, 0.25) is 0 Å². The van der Waals surface area contributed by atoms with Crippen LogP contribution in [-0.4, -0.2) is 17.0 Å². The van der Waals surface area contributed by atoms with E-state index in [1.165, 1.54) is 11.5 Å². The first-order chi connectivity index (χ1) is 5.74. The van der Waals surface area contributed by atoms with E-state index in [1.54, 1.807) is 6.20 Å². The Bertz CT molecular complexity index is 211. The first-order valence-electron chi connectivity index (χ1n) is 4.00. The van der Waals surface area contributed by atoms with Crippen molar-refractivity contribution in [3.63, 3.8) is 0 Å². The highest BCUT2D eigenvalue weighted by atomic mass is 32.1. The van der Waals surface area contributed by atoms with Crippen molar-refractivity contribution < 1.29 is 4.74 Å². The Morgan fingerprint density at radius 2 is 2.42 bits per heavy atom. The Morgan fingerprint density at radius 3 is 2.83 bits per heavy atom. The lowest BCUT2D eigenvalue weighted by Gasteiger charge is -2.16.